The van der Waals surface area contributed by atoms with Crippen molar-refractivity contribution >= 4 is 23.2 Å². The highest BCUT2D eigenvalue weighted by Crippen LogP contribution is 2.30. The van der Waals surface area contributed by atoms with Crippen LogP contribution in [0.15, 0.2) is 115 Å². The molecule has 0 saturated carbocycles. The first-order valence-corrected chi connectivity index (χ1v) is 16.2. The molecule has 240 valence electrons. The number of hydrogen-bond acceptors (Lipinski definition) is 3. The molecule has 0 unspecified atom stereocenters. The summed E-state index contributed by atoms with van der Waals surface area (Å²) < 4.78 is 14.8. The lowest BCUT2D eigenvalue weighted by atomic mass is 9.98. The minimum absolute atomic E-state index is 0.241. The molecule has 5 aromatic rings. The predicted octanol–water partition coefficient (Wildman–Crippen LogP) is 8.08. The van der Waals surface area contributed by atoms with Crippen LogP contribution in [0, 0.1) is 5.82 Å². The largest absolute Gasteiger partial charge is 0.337 e. The SMILES string of the molecule is C=C/C(=C\C(=C/C)C(=C)/C=c1/c(-c2nc3c(-c4cc(F)cc(CCCN(C)C)c4)cccc3[nH]2)n[nH]/c1=C/C)CCc1ccccc1. The molecule has 2 N–H and O–H groups in total. The van der Waals surface area contributed by atoms with Crippen molar-refractivity contribution in [3.63, 3.8) is 0 Å². The maximum atomic E-state index is 14.8. The Kier molecular flexibility index (Phi) is 11.0. The second-order valence-corrected chi connectivity index (χ2v) is 12.1. The van der Waals surface area contributed by atoms with Gasteiger partial charge in [0.15, 0.2) is 5.82 Å². The average molecular weight is 626 g/mol. The van der Waals surface area contributed by atoms with Crippen molar-refractivity contribution in [2.45, 2.75) is 39.5 Å². The Labute approximate surface area is 277 Å². The van der Waals surface area contributed by atoms with Gasteiger partial charge in [0.1, 0.15) is 11.5 Å². The van der Waals surface area contributed by atoms with E-state index in [0.29, 0.717) is 11.5 Å². The van der Waals surface area contributed by atoms with Crippen molar-refractivity contribution in [3.8, 4) is 22.6 Å². The smallest absolute Gasteiger partial charge is 0.159 e. The first-order chi connectivity index (χ1) is 22.8. The van der Waals surface area contributed by atoms with Gasteiger partial charge in [-0.3, -0.25) is 5.10 Å². The van der Waals surface area contributed by atoms with Gasteiger partial charge in [0.2, 0.25) is 0 Å². The summed E-state index contributed by atoms with van der Waals surface area (Å²) in [6, 6.07) is 21.7. The molecule has 47 heavy (non-hydrogen) atoms. The van der Waals surface area contributed by atoms with Gasteiger partial charge in [-0.05, 0) is 118 Å². The summed E-state index contributed by atoms with van der Waals surface area (Å²) in [7, 11) is 4.10. The van der Waals surface area contributed by atoms with E-state index in [4.69, 9.17) is 4.98 Å². The molecule has 0 aliphatic heterocycles. The first-order valence-electron chi connectivity index (χ1n) is 16.2. The number of benzene rings is 3. The molecular weight excluding hydrogens is 581 g/mol. The summed E-state index contributed by atoms with van der Waals surface area (Å²) in [4.78, 5) is 10.6. The molecule has 2 heterocycles. The number of fused-ring (bicyclic) bond motifs is 1. The van der Waals surface area contributed by atoms with Gasteiger partial charge in [-0.25, -0.2) is 9.37 Å². The zero-order valence-electron chi connectivity index (χ0n) is 27.9. The lowest BCUT2D eigenvalue weighted by molar-refractivity contribution is 0.400. The topological polar surface area (TPSA) is 60.6 Å². The molecule has 0 amide bonds. The Bertz CT molecular complexity index is 2060. The number of halogens is 1. The third-order valence-electron chi connectivity index (χ3n) is 8.35. The monoisotopic (exact) mass is 625 g/mol. The van der Waals surface area contributed by atoms with Crippen molar-refractivity contribution in [1.82, 2.24) is 25.1 Å². The van der Waals surface area contributed by atoms with Gasteiger partial charge in [0.05, 0.1) is 16.4 Å². The van der Waals surface area contributed by atoms with Crippen LogP contribution in [0.1, 0.15) is 37.8 Å². The Morgan fingerprint density at radius 1 is 0.979 bits per heavy atom. The van der Waals surface area contributed by atoms with Gasteiger partial charge in [0.25, 0.3) is 0 Å². The zero-order chi connectivity index (χ0) is 33.3. The average Bonchev–Trinajstić information content (AvgIpc) is 3.68. The van der Waals surface area contributed by atoms with E-state index >= 15 is 0 Å². The van der Waals surface area contributed by atoms with Crippen molar-refractivity contribution in [3.05, 3.63) is 142 Å². The second kappa shape index (κ2) is 15.5. The van der Waals surface area contributed by atoms with Crippen molar-refractivity contribution in [2.24, 2.45) is 0 Å². The first kappa shape index (κ1) is 33.3. The van der Waals surface area contributed by atoms with E-state index < -0.39 is 0 Å². The quantitative estimate of drug-likeness (QED) is 0.130. The Hall–Kier alpha value is -5.07. The lowest BCUT2D eigenvalue weighted by Crippen LogP contribution is -2.24. The normalized spacial score (nSPS) is 13.2. The van der Waals surface area contributed by atoms with Crippen LogP contribution in [0.25, 0.3) is 45.8 Å². The number of allylic oxidation sites excluding steroid dienone is 6. The Balaban J connectivity index is 1.48. The Morgan fingerprint density at radius 3 is 2.51 bits per heavy atom. The van der Waals surface area contributed by atoms with Gasteiger partial charge in [-0.1, -0.05) is 86.0 Å². The number of imidazole rings is 1. The van der Waals surface area contributed by atoms with E-state index in [1.165, 1.54) is 5.56 Å². The molecule has 0 saturated heterocycles. The summed E-state index contributed by atoms with van der Waals surface area (Å²) >= 11 is 0. The molecule has 0 aliphatic carbocycles. The van der Waals surface area contributed by atoms with Gasteiger partial charge >= 0.3 is 0 Å². The number of nitrogens with zero attached hydrogens (tertiary/aromatic N) is 3. The predicted molar refractivity (Wildman–Crippen MR) is 196 cm³/mol. The van der Waals surface area contributed by atoms with Crippen molar-refractivity contribution in [1.29, 1.82) is 0 Å². The van der Waals surface area contributed by atoms with Crippen molar-refractivity contribution in [2.75, 3.05) is 20.6 Å². The molecule has 0 radical (unpaired) electrons. The van der Waals surface area contributed by atoms with Gasteiger partial charge in [0, 0.05) is 10.8 Å². The minimum Gasteiger partial charge on any atom is -0.337 e. The molecule has 0 fully saturated rings. The molecule has 0 spiro atoms. The fourth-order valence-electron chi connectivity index (χ4n) is 5.82. The fourth-order valence-corrected chi connectivity index (χ4v) is 5.82. The zero-order valence-corrected chi connectivity index (χ0v) is 27.9. The summed E-state index contributed by atoms with van der Waals surface area (Å²) in [5, 5.41) is 9.61. The van der Waals surface area contributed by atoms with Gasteiger partial charge in [-0.15, -0.1) is 0 Å². The van der Waals surface area contributed by atoms with Crippen LogP contribution in [-0.2, 0) is 12.8 Å². The number of aromatic nitrogens is 4. The van der Waals surface area contributed by atoms with Crippen LogP contribution in [-0.4, -0.2) is 45.7 Å². The highest BCUT2D eigenvalue weighted by atomic mass is 19.1. The second-order valence-electron chi connectivity index (χ2n) is 12.1. The Morgan fingerprint density at radius 2 is 1.79 bits per heavy atom. The number of nitrogens with one attached hydrogen (secondary N) is 2. The van der Waals surface area contributed by atoms with Crippen LogP contribution in [0.3, 0.4) is 0 Å². The highest BCUT2D eigenvalue weighted by molar-refractivity contribution is 5.93. The molecule has 2 aromatic heterocycles. The van der Waals surface area contributed by atoms with E-state index in [2.05, 4.69) is 95.9 Å². The fraction of sp³-hybridized carbons (Fsp3) is 0.220. The number of aromatic amines is 2. The summed E-state index contributed by atoms with van der Waals surface area (Å²) in [6.07, 6.45) is 13.8. The molecule has 0 bridgehead atoms. The number of rotatable bonds is 13. The third kappa shape index (κ3) is 8.21. The van der Waals surface area contributed by atoms with Crippen LogP contribution >= 0.6 is 0 Å². The highest BCUT2D eigenvalue weighted by Gasteiger charge is 2.15. The molecule has 0 aliphatic rings. The number of para-hydroxylation sites is 1. The number of H-pyrrole nitrogens is 2. The van der Waals surface area contributed by atoms with Gasteiger partial charge < -0.3 is 9.88 Å². The molecule has 0 atom stereocenters. The minimum atomic E-state index is -0.241. The number of hydrogen-bond donors (Lipinski definition) is 2. The molecule has 5 nitrogen and oxygen atoms in total. The van der Waals surface area contributed by atoms with E-state index in [1.807, 2.05) is 50.3 Å². The maximum absolute atomic E-state index is 14.8. The van der Waals surface area contributed by atoms with E-state index in [1.54, 1.807) is 12.1 Å². The van der Waals surface area contributed by atoms with Crippen LogP contribution < -0.4 is 10.6 Å². The summed E-state index contributed by atoms with van der Waals surface area (Å²) in [6.45, 7) is 13.4. The standard InChI is InChI=1S/C41H44FN5/c1-7-29(20-21-30-15-11-10-12-16-30)24-32(8-2)28(4)23-36-37(9-3)45-46-40(36)41-43-38-19-13-18-35(39(38)44-41)33-25-31(26-34(42)27-33)17-14-22-47(5)6/h7-13,15-16,18-19,23-27,45H,1,4,14,17,20-22H2,2-3,5-6H3,(H,43,44)/b29-24+,32-8+,36-23+,37-9+. The van der Waals surface area contributed by atoms with Crippen LogP contribution in [0.4, 0.5) is 4.39 Å². The molecule has 5 rings (SSSR count). The summed E-state index contributed by atoms with van der Waals surface area (Å²) in [5.74, 6) is 0.389. The van der Waals surface area contributed by atoms with Crippen LogP contribution in [0.2, 0.25) is 0 Å². The van der Waals surface area contributed by atoms with E-state index in [0.717, 1.165) is 87.2 Å². The molecular formula is C41H44FN5. The molecule has 6 heteroatoms. The number of aryl methyl sites for hydroxylation is 2. The van der Waals surface area contributed by atoms with E-state index in [-0.39, 0.29) is 5.82 Å². The van der Waals surface area contributed by atoms with E-state index in [9.17, 15) is 4.39 Å². The van der Waals surface area contributed by atoms with Gasteiger partial charge in [-0.2, -0.15) is 5.10 Å². The summed E-state index contributed by atoms with van der Waals surface area (Å²) in [5.41, 5.74) is 9.31. The third-order valence-corrected chi connectivity index (χ3v) is 8.35. The van der Waals surface area contributed by atoms with Crippen LogP contribution in [0.5, 0.6) is 0 Å². The maximum Gasteiger partial charge on any atom is 0.159 e. The lowest BCUT2D eigenvalue weighted by Gasteiger charge is -2.10. The molecule has 3 aromatic carbocycles. The van der Waals surface area contributed by atoms with Crippen molar-refractivity contribution < 1.29 is 4.39 Å².